The lowest BCUT2D eigenvalue weighted by Crippen LogP contribution is -2.57. The number of nitrogens with zero attached hydrogens (tertiary/aromatic N) is 1. The van der Waals surface area contributed by atoms with E-state index in [9.17, 15) is 0 Å². The van der Waals surface area contributed by atoms with Gasteiger partial charge < -0.3 is 10.6 Å². The van der Waals surface area contributed by atoms with Crippen LogP contribution >= 0.6 is 0 Å². The molecular weight excluding hydrogens is 222 g/mol. The third-order valence-electron chi connectivity index (χ3n) is 4.76. The Hall–Kier alpha value is -0.120. The maximum absolute atomic E-state index is 3.81. The second-order valence-electron chi connectivity index (χ2n) is 7.53. The first kappa shape index (κ1) is 14.3. The van der Waals surface area contributed by atoms with Gasteiger partial charge in [0, 0.05) is 44.3 Å². The molecule has 0 aromatic carbocycles. The molecule has 106 valence electrons. The average molecular weight is 253 g/mol. The number of piperazine rings is 1. The molecule has 1 heterocycles. The molecule has 2 rings (SSSR count). The minimum absolute atomic E-state index is 0.287. The van der Waals surface area contributed by atoms with E-state index in [1.807, 2.05) is 0 Å². The van der Waals surface area contributed by atoms with E-state index in [0.717, 1.165) is 25.7 Å². The molecule has 0 radical (unpaired) electrons. The zero-order chi connectivity index (χ0) is 13.2. The van der Waals surface area contributed by atoms with Gasteiger partial charge in [-0.1, -0.05) is 13.8 Å². The SMILES string of the molecule is CC1(C)CCC(NCC(C)(C)N2CCNCC2)C1. The summed E-state index contributed by atoms with van der Waals surface area (Å²) >= 11 is 0. The van der Waals surface area contributed by atoms with Gasteiger partial charge in [-0.15, -0.1) is 0 Å². The van der Waals surface area contributed by atoms with Crippen LogP contribution in [0.15, 0.2) is 0 Å². The Balaban J connectivity index is 1.78. The molecule has 1 aliphatic carbocycles. The molecule has 1 saturated heterocycles. The van der Waals surface area contributed by atoms with E-state index < -0.39 is 0 Å². The van der Waals surface area contributed by atoms with Crippen LogP contribution in [0.3, 0.4) is 0 Å². The molecule has 18 heavy (non-hydrogen) atoms. The number of hydrogen-bond acceptors (Lipinski definition) is 3. The van der Waals surface area contributed by atoms with Crippen LogP contribution < -0.4 is 10.6 Å². The van der Waals surface area contributed by atoms with E-state index in [1.54, 1.807) is 0 Å². The molecule has 1 saturated carbocycles. The number of nitrogens with one attached hydrogen (secondary N) is 2. The summed E-state index contributed by atoms with van der Waals surface area (Å²) in [6, 6.07) is 0.738. The lowest BCUT2D eigenvalue weighted by Gasteiger charge is -2.42. The summed E-state index contributed by atoms with van der Waals surface area (Å²) < 4.78 is 0. The van der Waals surface area contributed by atoms with Crippen molar-refractivity contribution in [1.82, 2.24) is 15.5 Å². The van der Waals surface area contributed by atoms with Crippen molar-refractivity contribution in [3.8, 4) is 0 Å². The third-order valence-corrected chi connectivity index (χ3v) is 4.76. The molecule has 0 aromatic heterocycles. The van der Waals surface area contributed by atoms with Crippen molar-refractivity contribution in [2.45, 2.75) is 58.5 Å². The minimum atomic E-state index is 0.287. The molecule has 3 heteroatoms. The first-order valence-corrected chi connectivity index (χ1v) is 7.58. The number of hydrogen-bond donors (Lipinski definition) is 2. The van der Waals surface area contributed by atoms with E-state index in [-0.39, 0.29) is 5.54 Å². The van der Waals surface area contributed by atoms with Gasteiger partial charge in [-0.2, -0.15) is 0 Å². The molecule has 2 fully saturated rings. The zero-order valence-electron chi connectivity index (χ0n) is 12.7. The highest BCUT2D eigenvalue weighted by Crippen LogP contribution is 2.37. The topological polar surface area (TPSA) is 27.3 Å². The molecule has 0 amide bonds. The first-order valence-electron chi connectivity index (χ1n) is 7.58. The second-order valence-corrected chi connectivity index (χ2v) is 7.53. The Labute approximate surface area is 113 Å². The molecular formula is C15H31N3. The highest BCUT2D eigenvalue weighted by atomic mass is 15.2. The summed E-state index contributed by atoms with van der Waals surface area (Å²) in [7, 11) is 0. The van der Waals surface area contributed by atoms with Gasteiger partial charge in [0.2, 0.25) is 0 Å². The van der Waals surface area contributed by atoms with E-state index in [4.69, 9.17) is 0 Å². The molecule has 1 aliphatic heterocycles. The molecule has 1 atom stereocenters. The molecule has 3 nitrogen and oxygen atoms in total. The van der Waals surface area contributed by atoms with Gasteiger partial charge in [0.05, 0.1) is 0 Å². The monoisotopic (exact) mass is 253 g/mol. The minimum Gasteiger partial charge on any atom is -0.314 e. The van der Waals surface area contributed by atoms with Gasteiger partial charge in [0.25, 0.3) is 0 Å². The van der Waals surface area contributed by atoms with Crippen molar-refractivity contribution in [3.05, 3.63) is 0 Å². The van der Waals surface area contributed by atoms with Crippen LogP contribution in [0, 0.1) is 5.41 Å². The van der Waals surface area contributed by atoms with Crippen LogP contribution in [0.25, 0.3) is 0 Å². The fourth-order valence-electron chi connectivity index (χ4n) is 3.39. The predicted molar refractivity (Wildman–Crippen MR) is 77.9 cm³/mol. The fraction of sp³-hybridized carbons (Fsp3) is 1.00. The summed E-state index contributed by atoms with van der Waals surface area (Å²) in [5, 5.41) is 7.25. The van der Waals surface area contributed by atoms with Crippen molar-refractivity contribution in [2.75, 3.05) is 32.7 Å². The third kappa shape index (κ3) is 3.69. The smallest absolute Gasteiger partial charge is 0.0278 e. The molecule has 2 N–H and O–H groups in total. The van der Waals surface area contributed by atoms with Crippen LogP contribution in [-0.2, 0) is 0 Å². The molecule has 2 aliphatic rings. The Morgan fingerprint density at radius 3 is 2.50 bits per heavy atom. The van der Waals surface area contributed by atoms with Crippen LogP contribution in [-0.4, -0.2) is 49.2 Å². The summed E-state index contributed by atoms with van der Waals surface area (Å²) in [6.07, 6.45) is 4.06. The van der Waals surface area contributed by atoms with Gasteiger partial charge in [-0.25, -0.2) is 0 Å². The van der Waals surface area contributed by atoms with Crippen molar-refractivity contribution in [1.29, 1.82) is 0 Å². The lowest BCUT2D eigenvalue weighted by molar-refractivity contribution is 0.0991. The van der Waals surface area contributed by atoms with Crippen molar-refractivity contribution >= 4 is 0 Å². The van der Waals surface area contributed by atoms with E-state index in [0.29, 0.717) is 5.41 Å². The van der Waals surface area contributed by atoms with Crippen LogP contribution in [0.1, 0.15) is 47.0 Å². The second kappa shape index (κ2) is 5.48. The largest absolute Gasteiger partial charge is 0.314 e. The standard InChI is InChI=1S/C15H31N3/c1-14(2)6-5-13(11-14)17-12-15(3,4)18-9-7-16-8-10-18/h13,16-17H,5-12H2,1-4H3. The highest BCUT2D eigenvalue weighted by molar-refractivity contribution is 4.91. The zero-order valence-corrected chi connectivity index (χ0v) is 12.7. The van der Waals surface area contributed by atoms with E-state index in [1.165, 1.54) is 32.4 Å². The fourth-order valence-corrected chi connectivity index (χ4v) is 3.39. The van der Waals surface area contributed by atoms with Crippen LogP contribution in [0.2, 0.25) is 0 Å². The van der Waals surface area contributed by atoms with Gasteiger partial charge in [0.1, 0.15) is 0 Å². The van der Waals surface area contributed by atoms with Gasteiger partial charge >= 0.3 is 0 Å². The van der Waals surface area contributed by atoms with Crippen molar-refractivity contribution in [2.24, 2.45) is 5.41 Å². The Morgan fingerprint density at radius 2 is 1.94 bits per heavy atom. The van der Waals surface area contributed by atoms with Crippen molar-refractivity contribution < 1.29 is 0 Å². The molecule has 0 bridgehead atoms. The average Bonchev–Trinajstić information content (AvgIpc) is 2.68. The normalized spacial score (nSPS) is 29.7. The van der Waals surface area contributed by atoms with Crippen LogP contribution in [0.4, 0.5) is 0 Å². The molecule has 1 unspecified atom stereocenters. The summed E-state index contributed by atoms with van der Waals surface area (Å²) in [5.74, 6) is 0. The van der Waals surface area contributed by atoms with Gasteiger partial charge in [-0.3, -0.25) is 4.90 Å². The molecule has 0 spiro atoms. The number of rotatable bonds is 4. The quantitative estimate of drug-likeness (QED) is 0.800. The predicted octanol–water partition coefficient (Wildman–Crippen LogP) is 1.84. The van der Waals surface area contributed by atoms with Crippen molar-refractivity contribution in [3.63, 3.8) is 0 Å². The summed E-state index contributed by atoms with van der Waals surface area (Å²) in [6.45, 7) is 15.3. The Morgan fingerprint density at radius 1 is 1.28 bits per heavy atom. The maximum Gasteiger partial charge on any atom is 0.0278 e. The van der Waals surface area contributed by atoms with Gasteiger partial charge in [0.15, 0.2) is 0 Å². The van der Waals surface area contributed by atoms with E-state index >= 15 is 0 Å². The van der Waals surface area contributed by atoms with Gasteiger partial charge in [-0.05, 0) is 38.5 Å². The first-order chi connectivity index (χ1) is 8.39. The summed E-state index contributed by atoms with van der Waals surface area (Å²) in [4.78, 5) is 2.62. The summed E-state index contributed by atoms with van der Waals surface area (Å²) in [5.41, 5.74) is 0.839. The molecule has 0 aromatic rings. The maximum atomic E-state index is 3.81. The Bertz CT molecular complexity index is 267. The van der Waals surface area contributed by atoms with Crippen LogP contribution in [0.5, 0.6) is 0 Å². The highest BCUT2D eigenvalue weighted by Gasteiger charge is 2.33. The Kier molecular flexibility index (Phi) is 4.35. The van der Waals surface area contributed by atoms with E-state index in [2.05, 4.69) is 43.2 Å². The lowest BCUT2D eigenvalue weighted by atomic mass is 9.91.